The van der Waals surface area contributed by atoms with Crippen molar-refractivity contribution in [3.05, 3.63) is 29.6 Å². The average molecular weight is 366 g/mol. The lowest BCUT2D eigenvalue weighted by atomic mass is 10.3. The summed E-state index contributed by atoms with van der Waals surface area (Å²) in [7, 11) is -1.26. The van der Waals surface area contributed by atoms with Crippen molar-refractivity contribution in [3.8, 4) is 5.88 Å². The Morgan fingerprint density at radius 2 is 2.08 bits per heavy atom. The quantitative estimate of drug-likeness (QED) is 0.810. The summed E-state index contributed by atoms with van der Waals surface area (Å²) in [6, 6.07) is 0.569. The Kier molecular flexibility index (Phi) is 5.37. The molecule has 25 heavy (non-hydrogen) atoms. The van der Waals surface area contributed by atoms with Crippen LogP contribution < -0.4 is 14.8 Å². The fourth-order valence-electron chi connectivity index (χ4n) is 2.06. The molecular weight excluding hydrogens is 348 g/mol. The van der Waals surface area contributed by atoms with E-state index < -0.39 is 16.1 Å². The number of nitrogens with one attached hydrogen (secondary N) is 2. The SMILES string of the molecule is C/C=C\c1cnn(C)c1S(=O)(=O)NC(=O)Nc1nc(C)cc(OC)n1. The van der Waals surface area contributed by atoms with Crippen LogP contribution in [0.15, 0.2) is 23.4 Å². The number of hydrogen-bond acceptors (Lipinski definition) is 7. The van der Waals surface area contributed by atoms with E-state index in [9.17, 15) is 13.2 Å². The summed E-state index contributed by atoms with van der Waals surface area (Å²) in [5.74, 6) is 0.163. The van der Waals surface area contributed by atoms with Crippen molar-refractivity contribution in [3.63, 3.8) is 0 Å². The zero-order valence-corrected chi connectivity index (χ0v) is 15.0. The smallest absolute Gasteiger partial charge is 0.335 e. The number of hydrogen-bond donors (Lipinski definition) is 2. The highest BCUT2D eigenvalue weighted by Crippen LogP contribution is 2.16. The third-order valence-electron chi connectivity index (χ3n) is 3.00. The Balaban J connectivity index is 2.23. The number of aryl methyl sites for hydroxylation is 2. The van der Waals surface area contributed by atoms with Gasteiger partial charge in [-0.05, 0) is 13.8 Å². The van der Waals surface area contributed by atoms with Crippen LogP contribution in [0, 0.1) is 6.92 Å². The molecule has 0 spiro atoms. The first kappa shape index (κ1) is 18.4. The van der Waals surface area contributed by atoms with Crippen molar-refractivity contribution < 1.29 is 17.9 Å². The second kappa shape index (κ2) is 7.30. The molecule has 0 bridgehead atoms. The van der Waals surface area contributed by atoms with Crippen LogP contribution >= 0.6 is 0 Å². The Bertz CT molecular complexity index is 919. The molecule has 10 nitrogen and oxygen atoms in total. The van der Waals surface area contributed by atoms with E-state index in [4.69, 9.17) is 4.74 Å². The van der Waals surface area contributed by atoms with Gasteiger partial charge in [-0.1, -0.05) is 12.2 Å². The first-order valence-electron chi connectivity index (χ1n) is 7.15. The molecule has 0 saturated carbocycles. The number of methoxy groups -OCH3 is 1. The van der Waals surface area contributed by atoms with Gasteiger partial charge in [0.05, 0.1) is 13.3 Å². The van der Waals surface area contributed by atoms with Crippen LogP contribution in [0.2, 0.25) is 0 Å². The van der Waals surface area contributed by atoms with Crippen molar-refractivity contribution in [2.45, 2.75) is 18.9 Å². The number of urea groups is 1. The van der Waals surface area contributed by atoms with Gasteiger partial charge in [0.2, 0.25) is 11.8 Å². The predicted octanol–water partition coefficient (Wildman–Crippen LogP) is 1.07. The molecule has 0 aliphatic carbocycles. The Labute approximate surface area is 145 Å². The van der Waals surface area contributed by atoms with E-state index in [1.54, 1.807) is 32.1 Å². The summed E-state index contributed by atoms with van der Waals surface area (Å²) in [4.78, 5) is 20.0. The van der Waals surface area contributed by atoms with Gasteiger partial charge in [0.15, 0.2) is 5.03 Å². The number of rotatable bonds is 5. The summed E-state index contributed by atoms with van der Waals surface area (Å²) < 4.78 is 33.0. The van der Waals surface area contributed by atoms with E-state index in [2.05, 4.69) is 20.4 Å². The molecule has 2 aromatic heterocycles. The molecule has 0 saturated heterocycles. The highest BCUT2D eigenvalue weighted by Gasteiger charge is 2.25. The van der Waals surface area contributed by atoms with E-state index in [0.29, 0.717) is 11.3 Å². The maximum Gasteiger partial charge on any atom is 0.335 e. The Morgan fingerprint density at radius 3 is 2.72 bits per heavy atom. The summed E-state index contributed by atoms with van der Waals surface area (Å²) in [5.41, 5.74) is 0.908. The van der Waals surface area contributed by atoms with Crippen LogP contribution in [-0.4, -0.2) is 41.3 Å². The summed E-state index contributed by atoms with van der Waals surface area (Å²) in [5, 5.41) is 6.03. The maximum absolute atomic E-state index is 12.5. The predicted molar refractivity (Wildman–Crippen MR) is 90.6 cm³/mol. The third-order valence-corrected chi connectivity index (χ3v) is 4.47. The Hall–Kier alpha value is -2.95. The van der Waals surface area contributed by atoms with Gasteiger partial charge in [-0.3, -0.25) is 10.00 Å². The molecule has 11 heteroatoms. The molecular formula is C14H18N6O4S. The second-order valence-corrected chi connectivity index (χ2v) is 6.56. The zero-order chi connectivity index (χ0) is 18.6. The molecule has 134 valence electrons. The van der Waals surface area contributed by atoms with Crippen LogP contribution in [0.25, 0.3) is 6.08 Å². The molecule has 0 atom stereocenters. The molecule has 0 fully saturated rings. The van der Waals surface area contributed by atoms with Gasteiger partial charge in [0.1, 0.15) is 0 Å². The number of aromatic nitrogens is 4. The van der Waals surface area contributed by atoms with E-state index >= 15 is 0 Å². The lowest BCUT2D eigenvalue weighted by Gasteiger charge is -2.10. The number of carbonyl (C=O) groups excluding carboxylic acids is 1. The first-order chi connectivity index (χ1) is 11.8. The topological polar surface area (TPSA) is 128 Å². The monoisotopic (exact) mass is 366 g/mol. The van der Waals surface area contributed by atoms with Crippen LogP contribution in [0.1, 0.15) is 18.2 Å². The molecule has 0 unspecified atom stereocenters. The number of amides is 2. The van der Waals surface area contributed by atoms with Crippen molar-refractivity contribution in [1.29, 1.82) is 0 Å². The van der Waals surface area contributed by atoms with Gasteiger partial charge in [0.25, 0.3) is 10.0 Å². The maximum atomic E-state index is 12.5. The molecule has 2 rings (SSSR count). The summed E-state index contributed by atoms with van der Waals surface area (Å²) in [6.07, 6.45) is 4.64. The van der Waals surface area contributed by atoms with Crippen LogP contribution in [-0.2, 0) is 17.1 Å². The van der Waals surface area contributed by atoms with E-state index in [1.807, 2.05) is 4.72 Å². The molecule has 2 heterocycles. The van der Waals surface area contributed by atoms with Gasteiger partial charge in [-0.2, -0.15) is 18.5 Å². The minimum Gasteiger partial charge on any atom is -0.481 e. The Morgan fingerprint density at radius 1 is 1.36 bits per heavy atom. The van der Waals surface area contributed by atoms with Gasteiger partial charge in [-0.15, -0.1) is 0 Å². The fourth-order valence-corrected chi connectivity index (χ4v) is 3.28. The number of carbonyl (C=O) groups is 1. The van der Waals surface area contributed by atoms with E-state index in [1.165, 1.54) is 20.4 Å². The number of allylic oxidation sites excluding steroid dienone is 1. The number of sulfonamides is 1. The minimum atomic E-state index is -4.15. The van der Waals surface area contributed by atoms with E-state index in [0.717, 1.165) is 4.68 Å². The normalized spacial score (nSPS) is 11.5. The number of anilines is 1. The number of nitrogens with zero attached hydrogens (tertiary/aromatic N) is 4. The van der Waals surface area contributed by atoms with Crippen LogP contribution in [0.5, 0.6) is 5.88 Å². The zero-order valence-electron chi connectivity index (χ0n) is 14.1. The second-order valence-electron chi connectivity index (χ2n) is 4.96. The molecule has 2 aromatic rings. The van der Waals surface area contributed by atoms with Crippen molar-refractivity contribution in [1.82, 2.24) is 24.5 Å². The lowest BCUT2D eigenvalue weighted by molar-refractivity contribution is 0.256. The lowest BCUT2D eigenvalue weighted by Crippen LogP contribution is -2.36. The van der Waals surface area contributed by atoms with Gasteiger partial charge >= 0.3 is 6.03 Å². The molecule has 2 amide bonds. The third kappa shape index (κ3) is 4.32. The summed E-state index contributed by atoms with van der Waals surface area (Å²) in [6.45, 7) is 3.43. The number of ether oxygens (including phenoxy) is 1. The largest absolute Gasteiger partial charge is 0.481 e. The standard InChI is InChI=1S/C14H18N6O4S/c1-5-6-10-8-15-20(3)12(10)25(22,23)19-14(21)18-13-16-9(2)7-11(17-13)24-4/h5-8H,1-4H3,(H2,16,17,18,19,21)/b6-5-. The fraction of sp³-hybridized carbons (Fsp3) is 0.286. The van der Waals surface area contributed by atoms with Crippen LogP contribution in [0.3, 0.4) is 0 Å². The summed E-state index contributed by atoms with van der Waals surface area (Å²) >= 11 is 0. The van der Waals surface area contributed by atoms with E-state index in [-0.39, 0.29) is 16.9 Å². The molecule has 0 aromatic carbocycles. The van der Waals surface area contributed by atoms with Gasteiger partial charge < -0.3 is 4.74 Å². The van der Waals surface area contributed by atoms with Crippen molar-refractivity contribution in [2.75, 3.05) is 12.4 Å². The van der Waals surface area contributed by atoms with Gasteiger partial charge in [-0.25, -0.2) is 14.5 Å². The van der Waals surface area contributed by atoms with Crippen LogP contribution in [0.4, 0.5) is 10.7 Å². The molecule has 0 aliphatic rings. The first-order valence-corrected chi connectivity index (χ1v) is 8.63. The van der Waals surface area contributed by atoms with Crippen molar-refractivity contribution >= 4 is 28.1 Å². The molecule has 0 aliphatic heterocycles. The molecule has 2 N–H and O–H groups in total. The van der Waals surface area contributed by atoms with Crippen molar-refractivity contribution in [2.24, 2.45) is 7.05 Å². The van der Waals surface area contributed by atoms with Gasteiger partial charge in [0, 0.05) is 24.4 Å². The highest BCUT2D eigenvalue weighted by atomic mass is 32.2. The molecule has 0 radical (unpaired) electrons. The minimum absolute atomic E-state index is 0.0803. The average Bonchev–Trinajstić information content (AvgIpc) is 2.87. The highest BCUT2D eigenvalue weighted by molar-refractivity contribution is 7.90.